The fourth-order valence-electron chi connectivity index (χ4n) is 1.41. The number of amides is 1. The van der Waals surface area contributed by atoms with E-state index in [-0.39, 0.29) is 23.5 Å². The fourth-order valence-corrected chi connectivity index (χ4v) is 1.41. The normalized spacial score (nSPS) is 10.0. The molecular formula is C12H15NO5. The van der Waals surface area contributed by atoms with E-state index in [0.717, 1.165) is 6.07 Å². The number of nitrogens with one attached hydrogen (secondary N) is 1. The largest absolute Gasteiger partial charge is 0.508 e. The number of phenols is 2. The van der Waals surface area contributed by atoms with E-state index < -0.39 is 11.9 Å². The van der Waals surface area contributed by atoms with Gasteiger partial charge in [0.1, 0.15) is 11.5 Å². The molecule has 0 bridgehead atoms. The van der Waals surface area contributed by atoms with Crippen LogP contribution in [-0.4, -0.2) is 33.7 Å². The van der Waals surface area contributed by atoms with Crippen LogP contribution in [0.2, 0.25) is 0 Å². The van der Waals surface area contributed by atoms with Gasteiger partial charge in [-0.25, -0.2) is 0 Å². The first-order chi connectivity index (χ1) is 8.50. The van der Waals surface area contributed by atoms with Crippen LogP contribution in [0.1, 0.15) is 29.6 Å². The van der Waals surface area contributed by atoms with E-state index in [4.69, 9.17) is 10.2 Å². The van der Waals surface area contributed by atoms with Crippen LogP contribution >= 0.6 is 0 Å². The van der Waals surface area contributed by atoms with Gasteiger partial charge in [-0.05, 0) is 25.0 Å². The Morgan fingerprint density at radius 2 is 1.89 bits per heavy atom. The lowest BCUT2D eigenvalue weighted by Gasteiger charge is -2.06. The highest BCUT2D eigenvalue weighted by Crippen LogP contribution is 2.22. The third kappa shape index (κ3) is 4.32. The summed E-state index contributed by atoms with van der Waals surface area (Å²) in [6, 6.07) is 3.70. The summed E-state index contributed by atoms with van der Waals surface area (Å²) < 4.78 is 0. The zero-order valence-corrected chi connectivity index (χ0v) is 9.72. The molecule has 0 radical (unpaired) electrons. The van der Waals surface area contributed by atoms with Crippen LogP contribution in [0.3, 0.4) is 0 Å². The summed E-state index contributed by atoms with van der Waals surface area (Å²) in [5, 5.41) is 29.5. The molecule has 4 N–H and O–H groups in total. The van der Waals surface area contributed by atoms with Crippen LogP contribution < -0.4 is 5.32 Å². The van der Waals surface area contributed by atoms with Crippen LogP contribution in [0.4, 0.5) is 0 Å². The molecule has 0 aliphatic rings. The minimum atomic E-state index is -0.863. The van der Waals surface area contributed by atoms with Gasteiger partial charge in [0.2, 0.25) is 0 Å². The van der Waals surface area contributed by atoms with Gasteiger partial charge in [0.25, 0.3) is 5.91 Å². The highest BCUT2D eigenvalue weighted by atomic mass is 16.4. The van der Waals surface area contributed by atoms with E-state index in [2.05, 4.69) is 5.32 Å². The summed E-state index contributed by atoms with van der Waals surface area (Å²) in [5.41, 5.74) is 0.0750. The maximum Gasteiger partial charge on any atom is 0.303 e. The van der Waals surface area contributed by atoms with Gasteiger partial charge in [-0.3, -0.25) is 9.59 Å². The zero-order chi connectivity index (χ0) is 13.5. The van der Waals surface area contributed by atoms with Gasteiger partial charge in [0.05, 0.1) is 5.56 Å². The number of hydrogen-bond donors (Lipinski definition) is 4. The van der Waals surface area contributed by atoms with E-state index >= 15 is 0 Å². The summed E-state index contributed by atoms with van der Waals surface area (Å²) in [6.45, 7) is 0.340. The van der Waals surface area contributed by atoms with Gasteiger partial charge in [0, 0.05) is 19.0 Å². The Morgan fingerprint density at radius 3 is 2.50 bits per heavy atom. The third-order valence-corrected chi connectivity index (χ3v) is 2.33. The lowest BCUT2D eigenvalue weighted by Crippen LogP contribution is -2.24. The number of phenolic OH excluding ortho intramolecular Hbond substituents is 2. The van der Waals surface area contributed by atoms with Crippen LogP contribution in [0.15, 0.2) is 18.2 Å². The minimum Gasteiger partial charge on any atom is -0.508 e. The third-order valence-electron chi connectivity index (χ3n) is 2.33. The predicted octanol–water partition coefficient (Wildman–Crippen LogP) is 1.08. The van der Waals surface area contributed by atoms with Crippen molar-refractivity contribution in [2.45, 2.75) is 19.3 Å². The Labute approximate surface area is 104 Å². The summed E-state index contributed by atoms with van der Waals surface area (Å²) >= 11 is 0. The first kappa shape index (κ1) is 13.8. The Bertz CT molecular complexity index is 444. The quantitative estimate of drug-likeness (QED) is 0.567. The molecule has 1 rings (SSSR count). The van der Waals surface area contributed by atoms with Crippen LogP contribution in [0.5, 0.6) is 11.5 Å². The number of carbonyl (C=O) groups excluding carboxylic acids is 1. The molecule has 0 aliphatic heterocycles. The number of unbranched alkanes of at least 4 members (excludes halogenated alkanes) is 1. The molecular weight excluding hydrogens is 238 g/mol. The maximum absolute atomic E-state index is 11.6. The monoisotopic (exact) mass is 253 g/mol. The van der Waals surface area contributed by atoms with Crippen LogP contribution in [0, 0.1) is 0 Å². The number of hydrogen-bond acceptors (Lipinski definition) is 4. The molecule has 0 heterocycles. The van der Waals surface area contributed by atoms with Gasteiger partial charge >= 0.3 is 5.97 Å². The Balaban J connectivity index is 2.39. The number of carbonyl (C=O) groups is 2. The molecule has 0 spiro atoms. The second-order valence-corrected chi connectivity index (χ2v) is 3.81. The van der Waals surface area contributed by atoms with Crippen molar-refractivity contribution < 1.29 is 24.9 Å². The molecule has 0 saturated carbocycles. The lowest BCUT2D eigenvalue weighted by molar-refractivity contribution is -0.137. The van der Waals surface area contributed by atoms with Crippen molar-refractivity contribution in [3.8, 4) is 11.5 Å². The van der Waals surface area contributed by atoms with E-state index in [1.165, 1.54) is 12.1 Å². The second kappa shape index (κ2) is 6.48. The smallest absolute Gasteiger partial charge is 0.303 e. The van der Waals surface area contributed by atoms with Crippen LogP contribution in [-0.2, 0) is 4.79 Å². The van der Waals surface area contributed by atoms with Crippen molar-refractivity contribution in [1.29, 1.82) is 0 Å². The number of aliphatic carboxylic acids is 1. The fraction of sp³-hybridized carbons (Fsp3) is 0.333. The van der Waals surface area contributed by atoms with Crippen molar-refractivity contribution in [1.82, 2.24) is 5.32 Å². The molecule has 6 nitrogen and oxygen atoms in total. The number of aromatic hydroxyl groups is 2. The molecule has 1 aromatic rings. The molecule has 0 fully saturated rings. The molecule has 6 heteroatoms. The average molecular weight is 253 g/mol. The molecule has 98 valence electrons. The van der Waals surface area contributed by atoms with Crippen molar-refractivity contribution in [2.75, 3.05) is 6.54 Å². The van der Waals surface area contributed by atoms with E-state index in [0.29, 0.717) is 19.4 Å². The SMILES string of the molecule is O=C(O)CCCCNC(=O)c1ccc(O)cc1O. The van der Waals surface area contributed by atoms with Crippen molar-refractivity contribution in [3.63, 3.8) is 0 Å². The Hall–Kier alpha value is -2.24. The molecule has 0 atom stereocenters. The van der Waals surface area contributed by atoms with Gasteiger partial charge in [-0.1, -0.05) is 0 Å². The first-order valence-electron chi connectivity index (χ1n) is 5.52. The Kier molecular flexibility index (Phi) is 4.98. The molecule has 1 aromatic carbocycles. The highest BCUT2D eigenvalue weighted by molar-refractivity contribution is 5.96. The first-order valence-corrected chi connectivity index (χ1v) is 5.52. The average Bonchev–Trinajstić information content (AvgIpc) is 2.27. The van der Waals surface area contributed by atoms with E-state index in [1.54, 1.807) is 0 Å². The van der Waals surface area contributed by atoms with Crippen molar-refractivity contribution in [3.05, 3.63) is 23.8 Å². The molecule has 0 saturated heterocycles. The topological polar surface area (TPSA) is 107 Å². The van der Waals surface area contributed by atoms with E-state index in [9.17, 15) is 14.7 Å². The van der Waals surface area contributed by atoms with Crippen LogP contribution in [0.25, 0.3) is 0 Å². The summed E-state index contributed by atoms with van der Waals surface area (Å²) in [7, 11) is 0. The second-order valence-electron chi connectivity index (χ2n) is 3.81. The standard InChI is InChI=1S/C12H15NO5/c14-8-4-5-9(10(15)7-8)12(18)13-6-2-1-3-11(16)17/h4-5,7,14-15H,1-3,6H2,(H,13,18)(H,16,17). The number of rotatable bonds is 6. The molecule has 0 aliphatic carbocycles. The molecule has 18 heavy (non-hydrogen) atoms. The zero-order valence-electron chi connectivity index (χ0n) is 9.72. The number of carboxylic acids is 1. The van der Waals surface area contributed by atoms with Crippen molar-refractivity contribution in [2.24, 2.45) is 0 Å². The number of carboxylic acid groups (broad SMARTS) is 1. The molecule has 0 unspecified atom stereocenters. The highest BCUT2D eigenvalue weighted by Gasteiger charge is 2.10. The van der Waals surface area contributed by atoms with E-state index in [1.807, 2.05) is 0 Å². The van der Waals surface area contributed by atoms with Gasteiger partial charge in [-0.2, -0.15) is 0 Å². The summed E-state index contributed by atoms with van der Waals surface area (Å²) in [4.78, 5) is 21.9. The van der Waals surface area contributed by atoms with Gasteiger partial charge in [0.15, 0.2) is 0 Å². The van der Waals surface area contributed by atoms with Gasteiger partial charge in [-0.15, -0.1) is 0 Å². The minimum absolute atomic E-state index is 0.0698. The molecule has 0 aromatic heterocycles. The van der Waals surface area contributed by atoms with Crippen molar-refractivity contribution >= 4 is 11.9 Å². The summed E-state index contributed by atoms with van der Waals surface area (Å²) in [5.74, 6) is -1.73. The predicted molar refractivity (Wildman–Crippen MR) is 63.6 cm³/mol. The lowest BCUT2D eigenvalue weighted by atomic mass is 10.1. The molecule has 1 amide bonds. The number of benzene rings is 1. The maximum atomic E-state index is 11.6. The van der Waals surface area contributed by atoms with Gasteiger partial charge < -0.3 is 20.6 Å². The summed E-state index contributed by atoms with van der Waals surface area (Å²) in [6.07, 6.45) is 1.11. The Morgan fingerprint density at radius 1 is 1.17 bits per heavy atom.